The zero-order chi connectivity index (χ0) is 11.5. The van der Waals surface area contributed by atoms with Crippen LogP contribution in [0.5, 0.6) is 0 Å². The molecule has 0 saturated carbocycles. The maximum Gasteiger partial charge on any atom is 0.0791 e. The number of methoxy groups -OCH3 is 2. The molecule has 15 heavy (non-hydrogen) atoms. The van der Waals surface area contributed by atoms with Gasteiger partial charge in [0.15, 0.2) is 0 Å². The minimum Gasteiger partial charge on any atom is -0.390 e. The second-order valence-electron chi connectivity index (χ2n) is 3.50. The maximum absolute atomic E-state index is 9.63. The third-order valence-corrected chi connectivity index (χ3v) is 2.13. The van der Waals surface area contributed by atoms with E-state index in [1.165, 1.54) is 0 Å². The summed E-state index contributed by atoms with van der Waals surface area (Å²) in [6.45, 7) is 4.25. The molecule has 0 saturated heterocycles. The lowest BCUT2D eigenvalue weighted by Gasteiger charge is -2.24. The van der Waals surface area contributed by atoms with E-state index in [9.17, 15) is 5.11 Å². The first-order valence-corrected chi connectivity index (χ1v) is 5.27. The molecule has 0 aliphatic carbocycles. The van der Waals surface area contributed by atoms with Crippen molar-refractivity contribution in [2.75, 3.05) is 60.7 Å². The summed E-state index contributed by atoms with van der Waals surface area (Å²) in [6, 6.07) is 0. The highest BCUT2D eigenvalue weighted by Gasteiger charge is 2.10. The van der Waals surface area contributed by atoms with Crippen LogP contribution in [0.3, 0.4) is 0 Å². The van der Waals surface area contributed by atoms with Gasteiger partial charge >= 0.3 is 0 Å². The Bertz CT molecular complexity index is 128. The molecule has 0 radical (unpaired) electrons. The van der Waals surface area contributed by atoms with E-state index in [2.05, 4.69) is 10.2 Å². The Balaban J connectivity index is 3.76. The van der Waals surface area contributed by atoms with E-state index < -0.39 is 0 Å². The van der Waals surface area contributed by atoms with Crippen molar-refractivity contribution in [3.8, 4) is 0 Å². The third-order valence-electron chi connectivity index (χ3n) is 2.13. The highest BCUT2D eigenvalue weighted by Crippen LogP contribution is 1.93. The lowest BCUT2D eigenvalue weighted by atomic mass is 10.3. The van der Waals surface area contributed by atoms with Crippen molar-refractivity contribution in [3.63, 3.8) is 0 Å². The Kier molecular flexibility index (Phi) is 10.2. The Labute approximate surface area is 92.4 Å². The monoisotopic (exact) mass is 220 g/mol. The summed E-state index contributed by atoms with van der Waals surface area (Å²) in [5.74, 6) is 0. The molecule has 92 valence electrons. The summed E-state index contributed by atoms with van der Waals surface area (Å²) in [6.07, 6.45) is -0.344. The third kappa shape index (κ3) is 8.77. The van der Waals surface area contributed by atoms with E-state index in [0.29, 0.717) is 26.3 Å². The van der Waals surface area contributed by atoms with Crippen LogP contribution in [-0.2, 0) is 9.47 Å². The van der Waals surface area contributed by atoms with E-state index >= 15 is 0 Å². The van der Waals surface area contributed by atoms with Gasteiger partial charge in [0.2, 0.25) is 0 Å². The molecule has 0 aliphatic heterocycles. The van der Waals surface area contributed by atoms with Crippen LogP contribution in [0.4, 0.5) is 0 Å². The molecule has 0 aromatic carbocycles. The van der Waals surface area contributed by atoms with E-state index in [0.717, 1.165) is 13.1 Å². The normalized spacial score (nSPS) is 13.4. The van der Waals surface area contributed by atoms with Crippen LogP contribution in [0.15, 0.2) is 0 Å². The van der Waals surface area contributed by atoms with Crippen molar-refractivity contribution in [2.24, 2.45) is 0 Å². The van der Waals surface area contributed by atoms with Crippen molar-refractivity contribution in [1.82, 2.24) is 10.2 Å². The van der Waals surface area contributed by atoms with Gasteiger partial charge in [0.25, 0.3) is 0 Å². The van der Waals surface area contributed by atoms with E-state index in [4.69, 9.17) is 9.47 Å². The molecule has 5 heteroatoms. The quantitative estimate of drug-likeness (QED) is 0.503. The molecule has 1 atom stereocenters. The van der Waals surface area contributed by atoms with Crippen LogP contribution in [0.25, 0.3) is 0 Å². The average Bonchev–Trinajstić information content (AvgIpc) is 2.22. The predicted molar refractivity (Wildman–Crippen MR) is 60.1 cm³/mol. The second kappa shape index (κ2) is 10.3. The number of hydrogen-bond acceptors (Lipinski definition) is 5. The van der Waals surface area contributed by atoms with Crippen molar-refractivity contribution < 1.29 is 14.6 Å². The molecule has 0 aromatic rings. The molecular formula is C10H24N2O3. The van der Waals surface area contributed by atoms with Gasteiger partial charge < -0.3 is 19.9 Å². The highest BCUT2D eigenvalue weighted by atomic mass is 16.5. The van der Waals surface area contributed by atoms with Crippen LogP contribution in [0.1, 0.15) is 0 Å². The number of likely N-dealkylation sites (N-methyl/N-ethyl adjacent to an activating group) is 1. The van der Waals surface area contributed by atoms with Crippen LogP contribution in [-0.4, -0.2) is 76.8 Å². The van der Waals surface area contributed by atoms with Crippen molar-refractivity contribution in [3.05, 3.63) is 0 Å². The molecule has 0 fully saturated rings. The number of aliphatic hydroxyl groups excluding tert-OH is 1. The summed E-state index contributed by atoms with van der Waals surface area (Å²) in [4.78, 5) is 2.13. The molecule has 2 N–H and O–H groups in total. The molecule has 0 spiro atoms. The first-order valence-electron chi connectivity index (χ1n) is 5.27. The lowest BCUT2D eigenvalue weighted by Crippen LogP contribution is -2.40. The van der Waals surface area contributed by atoms with Crippen LogP contribution >= 0.6 is 0 Å². The van der Waals surface area contributed by atoms with Crippen molar-refractivity contribution in [1.29, 1.82) is 0 Å². The van der Waals surface area contributed by atoms with Crippen LogP contribution in [0, 0.1) is 0 Å². The van der Waals surface area contributed by atoms with Gasteiger partial charge in [-0.25, -0.2) is 0 Å². The Morgan fingerprint density at radius 1 is 1.20 bits per heavy atom. The van der Waals surface area contributed by atoms with Gasteiger partial charge in [-0.15, -0.1) is 0 Å². The first-order chi connectivity index (χ1) is 7.24. The predicted octanol–water partition coefficient (Wildman–Crippen LogP) is -0.838. The molecule has 0 bridgehead atoms. The fraction of sp³-hybridized carbons (Fsp3) is 1.00. The van der Waals surface area contributed by atoms with Gasteiger partial charge in [-0.2, -0.15) is 0 Å². The molecule has 1 unspecified atom stereocenters. The molecule has 0 aromatic heterocycles. The Hall–Kier alpha value is -0.200. The van der Waals surface area contributed by atoms with Gasteiger partial charge in [0, 0.05) is 40.4 Å². The summed E-state index contributed by atoms with van der Waals surface area (Å²) in [5, 5.41) is 12.6. The van der Waals surface area contributed by atoms with Crippen molar-refractivity contribution in [2.45, 2.75) is 6.10 Å². The molecular weight excluding hydrogens is 196 g/mol. The number of hydrogen-bond donors (Lipinski definition) is 2. The SMILES string of the molecule is CNCC(O)CN(CCOC)CCOC. The van der Waals surface area contributed by atoms with Crippen molar-refractivity contribution >= 4 is 0 Å². The standard InChI is InChI=1S/C10H24N2O3/c1-11-8-10(13)9-12(4-6-14-2)5-7-15-3/h10-11,13H,4-9H2,1-3H3. The smallest absolute Gasteiger partial charge is 0.0791 e. The van der Waals surface area contributed by atoms with Gasteiger partial charge in [-0.3, -0.25) is 4.90 Å². The number of aliphatic hydroxyl groups is 1. The van der Waals surface area contributed by atoms with Crippen LogP contribution in [0.2, 0.25) is 0 Å². The number of nitrogens with zero attached hydrogens (tertiary/aromatic N) is 1. The molecule has 0 rings (SSSR count). The molecule has 5 nitrogen and oxygen atoms in total. The first kappa shape index (κ1) is 14.8. The number of nitrogens with one attached hydrogen (secondary N) is 1. The van der Waals surface area contributed by atoms with Gasteiger partial charge in [0.1, 0.15) is 0 Å². The largest absolute Gasteiger partial charge is 0.390 e. The number of rotatable bonds is 10. The maximum atomic E-state index is 9.63. The zero-order valence-corrected chi connectivity index (χ0v) is 10.0. The summed E-state index contributed by atoms with van der Waals surface area (Å²) >= 11 is 0. The minimum absolute atomic E-state index is 0.344. The topological polar surface area (TPSA) is 54.0 Å². The lowest BCUT2D eigenvalue weighted by molar-refractivity contribution is 0.0705. The van der Waals surface area contributed by atoms with E-state index in [1.807, 2.05) is 7.05 Å². The molecule has 0 amide bonds. The number of ether oxygens (including phenoxy) is 2. The Morgan fingerprint density at radius 2 is 1.73 bits per heavy atom. The van der Waals surface area contributed by atoms with Gasteiger partial charge in [0.05, 0.1) is 19.3 Å². The second-order valence-corrected chi connectivity index (χ2v) is 3.50. The zero-order valence-electron chi connectivity index (χ0n) is 10.0. The van der Waals surface area contributed by atoms with Gasteiger partial charge in [-0.05, 0) is 7.05 Å². The summed E-state index contributed by atoms with van der Waals surface area (Å²) in [7, 11) is 5.19. The molecule has 0 heterocycles. The van der Waals surface area contributed by atoms with E-state index in [-0.39, 0.29) is 6.10 Å². The minimum atomic E-state index is -0.344. The van der Waals surface area contributed by atoms with Gasteiger partial charge in [-0.1, -0.05) is 0 Å². The van der Waals surface area contributed by atoms with E-state index in [1.54, 1.807) is 14.2 Å². The fourth-order valence-electron chi connectivity index (χ4n) is 1.33. The van der Waals surface area contributed by atoms with Crippen LogP contribution < -0.4 is 5.32 Å². The average molecular weight is 220 g/mol. The summed E-state index contributed by atoms with van der Waals surface area (Å²) < 4.78 is 10.0. The summed E-state index contributed by atoms with van der Waals surface area (Å²) in [5.41, 5.74) is 0. The fourth-order valence-corrected chi connectivity index (χ4v) is 1.33. The highest BCUT2D eigenvalue weighted by molar-refractivity contribution is 4.66. The molecule has 0 aliphatic rings. The Morgan fingerprint density at radius 3 is 2.13 bits per heavy atom.